The molecule has 0 saturated carbocycles. The molecule has 1 aromatic rings. The topological polar surface area (TPSA) is 67.9 Å². The van der Waals surface area contributed by atoms with Gasteiger partial charge in [-0.25, -0.2) is 0 Å². The van der Waals surface area contributed by atoms with Crippen molar-refractivity contribution in [1.29, 1.82) is 0 Å². The van der Waals surface area contributed by atoms with Gasteiger partial charge in [0, 0.05) is 37.6 Å². The summed E-state index contributed by atoms with van der Waals surface area (Å²) >= 11 is 6.07. The molecule has 1 heterocycles. The van der Waals surface area contributed by atoms with Crippen molar-refractivity contribution in [2.24, 2.45) is 5.92 Å². The second-order valence-corrected chi connectivity index (χ2v) is 6.09. The zero-order chi connectivity index (χ0) is 17.7. The molecule has 0 unspecified atom stereocenters. The molecule has 0 bridgehead atoms. The Morgan fingerprint density at radius 1 is 1.21 bits per heavy atom. The van der Waals surface area contributed by atoms with E-state index in [4.69, 9.17) is 21.1 Å². The van der Waals surface area contributed by atoms with Crippen molar-refractivity contribution in [3.63, 3.8) is 0 Å². The first kappa shape index (κ1) is 18.4. The molecule has 24 heavy (non-hydrogen) atoms. The van der Waals surface area contributed by atoms with Crippen LogP contribution in [0.1, 0.15) is 26.2 Å². The second-order valence-electron chi connectivity index (χ2n) is 5.68. The summed E-state index contributed by atoms with van der Waals surface area (Å²) in [6, 6.07) is 3.26. The van der Waals surface area contributed by atoms with E-state index in [-0.39, 0.29) is 17.7 Å². The summed E-state index contributed by atoms with van der Waals surface area (Å²) in [6.07, 6.45) is 1.81. The number of benzene rings is 1. The number of piperidine rings is 1. The van der Waals surface area contributed by atoms with Crippen molar-refractivity contribution >= 4 is 29.1 Å². The first-order valence-corrected chi connectivity index (χ1v) is 8.38. The fraction of sp³-hybridized carbons (Fsp3) is 0.529. The molecule has 7 heteroatoms. The second kappa shape index (κ2) is 8.24. The molecule has 0 spiro atoms. The van der Waals surface area contributed by atoms with Crippen molar-refractivity contribution < 1.29 is 19.1 Å². The summed E-state index contributed by atoms with van der Waals surface area (Å²) in [7, 11) is 3.03. The highest BCUT2D eigenvalue weighted by molar-refractivity contribution is 6.32. The Balaban J connectivity index is 2.04. The van der Waals surface area contributed by atoms with Crippen LogP contribution in [0.2, 0.25) is 5.02 Å². The maximum absolute atomic E-state index is 12.5. The summed E-state index contributed by atoms with van der Waals surface area (Å²) in [6.45, 7) is 3.08. The highest BCUT2D eigenvalue weighted by Crippen LogP contribution is 2.36. The molecule has 1 fully saturated rings. The maximum Gasteiger partial charge on any atom is 0.227 e. The van der Waals surface area contributed by atoms with Crippen LogP contribution >= 0.6 is 11.6 Å². The number of amides is 2. The lowest BCUT2D eigenvalue weighted by atomic mass is 9.95. The molecule has 1 aliphatic heterocycles. The quantitative estimate of drug-likeness (QED) is 0.882. The average molecular weight is 355 g/mol. The molecule has 6 nitrogen and oxygen atoms in total. The number of hydrogen-bond acceptors (Lipinski definition) is 4. The van der Waals surface area contributed by atoms with Crippen LogP contribution < -0.4 is 14.8 Å². The number of nitrogens with one attached hydrogen (secondary N) is 1. The summed E-state index contributed by atoms with van der Waals surface area (Å²) in [5.74, 6) is 0.875. The molecule has 0 radical (unpaired) electrons. The van der Waals surface area contributed by atoms with E-state index < -0.39 is 0 Å². The van der Waals surface area contributed by atoms with Crippen molar-refractivity contribution in [2.45, 2.75) is 26.2 Å². The SMILES string of the molecule is CCC(=O)N1CCC(C(=O)Nc2cc(OC)c(Cl)cc2OC)CC1. The Hall–Kier alpha value is -1.95. The molecule has 1 aromatic carbocycles. The van der Waals surface area contributed by atoms with E-state index in [1.807, 2.05) is 11.8 Å². The van der Waals surface area contributed by atoms with E-state index in [0.29, 0.717) is 54.6 Å². The number of hydrogen-bond donors (Lipinski definition) is 1. The molecule has 1 N–H and O–H groups in total. The van der Waals surface area contributed by atoms with Gasteiger partial charge in [-0.15, -0.1) is 0 Å². The Kier molecular flexibility index (Phi) is 6.31. The van der Waals surface area contributed by atoms with E-state index in [0.717, 1.165) is 0 Å². The number of carbonyl (C=O) groups excluding carboxylic acids is 2. The van der Waals surface area contributed by atoms with Crippen molar-refractivity contribution in [3.8, 4) is 11.5 Å². The number of nitrogens with zero attached hydrogens (tertiary/aromatic N) is 1. The van der Waals surface area contributed by atoms with Gasteiger partial charge in [0.05, 0.1) is 24.9 Å². The number of ether oxygens (including phenoxy) is 2. The van der Waals surface area contributed by atoms with Gasteiger partial charge in [-0.1, -0.05) is 18.5 Å². The fourth-order valence-corrected chi connectivity index (χ4v) is 3.04. The van der Waals surface area contributed by atoms with Gasteiger partial charge < -0.3 is 19.7 Å². The zero-order valence-electron chi connectivity index (χ0n) is 14.2. The van der Waals surface area contributed by atoms with Crippen LogP contribution in [0.3, 0.4) is 0 Å². The third-order valence-electron chi connectivity index (χ3n) is 4.25. The van der Waals surface area contributed by atoms with Gasteiger partial charge in [-0.3, -0.25) is 9.59 Å². The number of anilines is 1. The van der Waals surface area contributed by atoms with E-state index in [9.17, 15) is 9.59 Å². The maximum atomic E-state index is 12.5. The standard InChI is InChI=1S/C17H23ClN2O4/c1-4-16(21)20-7-5-11(6-8-20)17(22)19-13-10-14(23-2)12(18)9-15(13)24-3/h9-11H,4-8H2,1-3H3,(H,19,22). The molecule has 1 saturated heterocycles. The van der Waals surface area contributed by atoms with Gasteiger partial charge >= 0.3 is 0 Å². The molecule has 2 rings (SSSR count). The Labute approximate surface area is 147 Å². The lowest BCUT2D eigenvalue weighted by Crippen LogP contribution is -2.41. The van der Waals surface area contributed by atoms with Gasteiger partial charge in [0.1, 0.15) is 11.5 Å². The van der Waals surface area contributed by atoms with Gasteiger partial charge in [-0.2, -0.15) is 0 Å². The van der Waals surface area contributed by atoms with Crippen molar-refractivity contribution in [2.75, 3.05) is 32.6 Å². The lowest BCUT2D eigenvalue weighted by Gasteiger charge is -2.31. The predicted octanol–water partition coefficient (Wildman–Crippen LogP) is 2.94. The number of carbonyl (C=O) groups is 2. The minimum absolute atomic E-state index is 0.0822. The number of likely N-dealkylation sites (tertiary alicyclic amines) is 1. The molecular weight excluding hydrogens is 332 g/mol. The molecular formula is C17H23ClN2O4. The van der Waals surface area contributed by atoms with Crippen molar-refractivity contribution in [1.82, 2.24) is 4.90 Å². The van der Waals surface area contributed by atoms with Gasteiger partial charge in [0.25, 0.3) is 0 Å². The van der Waals surface area contributed by atoms with E-state index >= 15 is 0 Å². The van der Waals surface area contributed by atoms with Crippen LogP contribution in [0.15, 0.2) is 12.1 Å². The minimum atomic E-state index is -0.128. The van der Waals surface area contributed by atoms with E-state index in [1.165, 1.54) is 14.2 Å². The monoisotopic (exact) mass is 354 g/mol. The van der Waals surface area contributed by atoms with E-state index in [2.05, 4.69) is 5.32 Å². The Bertz CT molecular complexity index is 613. The zero-order valence-corrected chi connectivity index (χ0v) is 15.0. The summed E-state index contributed by atoms with van der Waals surface area (Å²) < 4.78 is 10.5. The molecule has 0 aliphatic carbocycles. The molecule has 0 atom stereocenters. The van der Waals surface area contributed by atoms with Gasteiger partial charge in [-0.05, 0) is 12.8 Å². The normalized spacial score (nSPS) is 15.1. The number of methoxy groups -OCH3 is 2. The summed E-state index contributed by atoms with van der Waals surface area (Å²) in [4.78, 5) is 26.0. The first-order chi connectivity index (χ1) is 11.5. The third-order valence-corrected chi connectivity index (χ3v) is 4.55. The fourth-order valence-electron chi connectivity index (χ4n) is 2.81. The molecule has 132 valence electrons. The van der Waals surface area contributed by atoms with Crippen LogP contribution in [-0.4, -0.2) is 44.0 Å². The first-order valence-electron chi connectivity index (χ1n) is 8.00. The van der Waals surface area contributed by atoms with Crippen LogP contribution in [0.4, 0.5) is 5.69 Å². The number of rotatable bonds is 5. The smallest absolute Gasteiger partial charge is 0.227 e. The van der Waals surface area contributed by atoms with Crippen molar-refractivity contribution in [3.05, 3.63) is 17.2 Å². The largest absolute Gasteiger partial charge is 0.495 e. The summed E-state index contributed by atoms with van der Waals surface area (Å²) in [5.41, 5.74) is 0.524. The van der Waals surface area contributed by atoms with Crippen LogP contribution in [0.25, 0.3) is 0 Å². The van der Waals surface area contributed by atoms with Gasteiger partial charge in [0.2, 0.25) is 11.8 Å². The third kappa shape index (κ3) is 4.12. The molecule has 0 aromatic heterocycles. The Morgan fingerprint density at radius 2 is 1.83 bits per heavy atom. The summed E-state index contributed by atoms with van der Waals surface area (Å²) in [5, 5.41) is 3.30. The highest BCUT2D eigenvalue weighted by atomic mass is 35.5. The predicted molar refractivity (Wildman–Crippen MR) is 92.8 cm³/mol. The average Bonchev–Trinajstić information content (AvgIpc) is 2.62. The minimum Gasteiger partial charge on any atom is -0.495 e. The van der Waals surface area contributed by atoms with Gasteiger partial charge in [0.15, 0.2) is 0 Å². The molecule has 2 amide bonds. The van der Waals surface area contributed by atoms with Crippen LogP contribution in [-0.2, 0) is 9.59 Å². The van der Waals surface area contributed by atoms with Crippen LogP contribution in [0, 0.1) is 5.92 Å². The van der Waals surface area contributed by atoms with Crippen LogP contribution in [0.5, 0.6) is 11.5 Å². The lowest BCUT2D eigenvalue weighted by molar-refractivity contribution is -0.134. The Morgan fingerprint density at radius 3 is 2.38 bits per heavy atom. The molecule has 1 aliphatic rings. The van der Waals surface area contributed by atoms with E-state index in [1.54, 1.807) is 12.1 Å². The highest BCUT2D eigenvalue weighted by Gasteiger charge is 2.27. The number of halogens is 1.